The summed E-state index contributed by atoms with van der Waals surface area (Å²) in [6, 6.07) is 0. The van der Waals surface area contributed by atoms with Gasteiger partial charge in [-0.2, -0.15) is 0 Å². The third-order valence-electron chi connectivity index (χ3n) is 1.56. The molecule has 0 bridgehead atoms. The van der Waals surface area contributed by atoms with Crippen LogP contribution in [0, 0.1) is 0 Å². The molecule has 1 nitrogen and oxygen atoms in total. The SMILES string of the molecule is C1=CC2OCSC2C=C1. The maximum absolute atomic E-state index is 5.38. The zero-order valence-electron chi connectivity index (χ0n) is 4.99. The summed E-state index contributed by atoms with van der Waals surface area (Å²) in [5, 5.41) is 0.593. The number of ether oxygens (including phenoxy) is 1. The fraction of sp³-hybridized carbons (Fsp3) is 0.429. The molecule has 48 valence electrons. The third kappa shape index (κ3) is 0.926. The average molecular weight is 140 g/mol. The Morgan fingerprint density at radius 1 is 1.33 bits per heavy atom. The summed E-state index contributed by atoms with van der Waals surface area (Å²) in [5.74, 6) is 0.851. The summed E-state index contributed by atoms with van der Waals surface area (Å²) >= 11 is 1.87. The van der Waals surface area contributed by atoms with Crippen LogP contribution in [0.1, 0.15) is 0 Å². The van der Waals surface area contributed by atoms with Gasteiger partial charge in [-0.25, -0.2) is 0 Å². The molecule has 1 aliphatic carbocycles. The maximum Gasteiger partial charge on any atom is 0.0936 e. The predicted octanol–water partition coefficient (Wildman–Crippen LogP) is 1.57. The number of allylic oxidation sites excluding steroid dienone is 2. The van der Waals surface area contributed by atoms with Crippen LogP contribution in [0.5, 0.6) is 0 Å². The van der Waals surface area contributed by atoms with Gasteiger partial charge in [0.1, 0.15) is 0 Å². The van der Waals surface area contributed by atoms with Gasteiger partial charge in [0.05, 0.1) is 17.3 Å². The van der Waals surface area contributed by atoms with E-state index in [1.807, 2.05) is 17.8 Å². The Kier molecular flexibility index (Phi) is 1.36. The number of hydrogen-bond donors (Lipinski definition) is 0. The molecular formula is C7H8OS. The Morgan fingerprint density at radius 3 is 3.11 bits per heavy atom. The van der Waals surface area contributed by atoms with E-state index >= 15 is 0 Å². The topological polar surface area (TPSA) is 9.23 Å². The highest BCUT2D eigenvalue weighted by Gasteiger charge is 2.25. The number of thioether (sulfide) groups is 1. The van der Waals surface area contributed by atoms with Gasteiger partial charge in [-0.15, -0.1) is 11.8 Å². The van der Waals surface area contributed by atoms with Gasteiger partial charge < -0.3 is 4.74 Å². The molecule has 1 fully saturated rings. The van der Waals surface area contributed by atoms with Crippen molar-refractivity contribution in [1.82, 2.24) is 0 Å². The molecule has 0 spiro atoms. The second-order valence-electron chi connectivity index (χ2n) is 2.15. The molecule has 0 aromatic rings. The van der Waals surface area contributed by atoms with Crippen molar-refractivity contribution in [2.45, 2.75) is 11.4 Å². The fourth-order valence-electron chi connectivity index (χ4n) is 1.06. The van der Waals surface area contributed by atoms with Crippen LogP contribution in [-0.2, 0) is 4.74 Å². The molecule has 0 aromatic heterocycles. The lowest BCUT2D eigenvalue weighted by Gasteiger charge is -2.11. The highest BCUT2D eigenvalue weighted by molar-refractivity contribution is 8.00. The van der Waals surface area contributed by atoms with Crippen LogP contribution < -0.4 is 0 Å². The minimum atomic E-state index is 0.361. The standard InChI is InChI=1S/C7H8OS/c1-2-4-7-6(3-1)8-5-9-7/h1-4,6-7H,5H2. The molecule has 2 unspecified atom stereocenters. The molecular weight excluding hydrogens is 132 g/mol. The van der Waals surface area contributed by atoms with E-state index in [1.165, 1.54) is 0 Å². The van der Waals surface area contributed by atoms with Crippen LogP contribution in [0.4, 0.5) is 0 Å². The van der Waals surface area contributed by atoms with Gasteiger partial charge in [0.25, 0.3) is 0 Å². The predicted molar refractivity (Wildman–Crippen MR) is 39.4 cm³/mol. The van der Waals surface area contributed by atoms with Crippen LogP contribution in [-0.4, -0.2) is 17.3 Å². The van der Waals surface area contributed by atoms with E-state index in [-0.39, 0.29) is 0 Å². The van der Waals surface area contributed by atoms with Gasteiger partial charge in [0.2, 0.25) is 0 Å². The Balaban J connectivity index is 2.18. The van der Waals surface area contributed by atoms with Crippen molar-refractivity contribution in [2.24, 2.45) is 0 Å². The maximum atomic E-state index is 5.38. The zero-order chi connectivity index (χ0) is 6.10. The van der Waals surface area contributed by atoms with Crippen molar-refractivity contribution in [1.29, 1.82) is 0 Å². The second-order valence-corrected chi connectivity index (χ2v) is 3.26. The van der Waals surface area contributed by atoms with Crippen LogP contribution >= 0.6 is 11.8 Å². The Morgan fingerprint density at radius 2 is 2.22 bits per heavy atom. The van der Waals surface area contributed by atoms with Crippen LogP contribution in [0.25, 0.3) is 0 Å². The average Bonchev–Trinajstić information content (AvgIpc) is 2.33. The van der Waals surface area contributed by atoms with E-state index in [1.54, 1.807) is 0 Å². The number of hydrogen-bond acceptors (Lipinski definition) is 2. The van der Waals surface area contributed by atoms with Gasteiger partial charge >= 0.3 is 0 Å². The zero-order valence-corrected chi connectivity index (χ0v) is 5.80. The van der Waals surface area contributed by atoms with Crippen molar-refractivity contribution >= 4 is 11.8 Å². The molecule has 1 heterocycles. The molecule has 0 N–H and O–H groups in total. The van der Waals surface area contributed by atoms with Crippen molar-refractivity contribution in [3.05, 3.63) is 24.3 Å². The summed E-state index contributed by atoms with van der Waals surface area (Å²) < 4.78 is 5.38. The minimum Gasteiger partial charge on any atom is -0.362 e. The first-order valence-corrected chi connectivity index (χ1v) is 4.10. The Labute approximate surface area is 58.8 Å². The lowest BCUT2D eigenvalue weighted by Crippen LogP contribution is -2.15. The van der Waals surface area contributed by atoms with Crippen LogP contribution in [0.3, 0.4) is 0 Å². The first-order chi connectivity index (χ1) is 4.47. The minimum absolute atomic E-state index is 0.361. The monoisotopic (exact) mass is 140 g/mol. The largest absolute Gasteiger partial charge is 0.362 e. The molecule has 2 rings (SSSR count). The molecule has 2 heteroatoms. The summed E-state index contributed by atoms with van der Waals surface area (Å²) in [4.78, 5) is 0. The Bertz CT molecular complexity index is 144. The first-order valence-electron chi connectivity index (χ1n) is 3.05. The van der Waals surface area contributed by atoms with E-state index in [9.17, 15) is 0 Å². The molecule has 1 saturated heterocycles. The van der Waals surface area contributed by atoms with E-state index in [2.05, 4.69) is 18.2 Å². The second kappa shape index (κ2) is 2.20. The van der Waals surface area contributed by atoms with Gasteiger partial charge in [0.15, 0.2) is 0 Å². The van der Waals surface area contributed by atoms with Gasteiger partial charge in [0, 0.05) is 0 Å². The summed E-state index contributed by atoms with van der Waals surface area (Å²) in [6.07, 6.45) is 8.81. The first kappa shape index (κ1) is 5.57. The fourth-order valence-corrected chi connectivity index (χ4v) is 2.02. The van der Waals surface area contributed by atoms with Crippen LogP contribution in [0.2, 0.25) is 0 Å². The molecule has 0 aromatic carbocycles. The lowest BCUT2D eigenvalue weighted by molar-refractivity contribution is 0.150. The summed E-state index contributed by atoms with van der Waals surface area (Å²) in [7, 11) is 0. The number of fused-ring (bicyclic) bond motifs is 1. The lowest BCUT2D eigenvalue weighted by atomic mass is 10.1. The molecule has 0 saturated carbocycles. The van der Waals surface area contributed by atoms with E-state index in [4.69, 9.17) is 4.74 Å². The van der Waals surface area contributed by atoms with Crippen molar-refractivity contribution in [2.75, 3.05) is 5.94 Å². The highest BCUT2D eigenvalue weighted by atomic mass is 32.2. The van der Waals surface area contributed by atoms with Crippen LogP contribution in [0.15, 0.2) is 24.3 Å². The Hall–Kier alpha value is -0.210. The van der Waals surface area contributed by atoms with Gasteiger partial charge in [-0.1, -0.05) is 24.3 Å². The molecule has 9 heavy (non-hydrogen) atoms. The third-order valence-corrected chi connectivity index (χ3v) is 2.64. The summed E-state index contributed by atoms with van der Waals surface area (Å²) in [6.45, 7) is 0. The van der Waals surface area contributed by atoms with Gasteiger partial charge in [-0.3, -0.25) is 0 Å². The molecule has 0 amide bonds. The quantitative estimate of drug-likeness (QED) is 0.505. The normalized spacial score (nSPS) is 39.1. The molecule has 2 atom stereocenters. The smallest absolute Gasteiger partial charge is 0.0936 e. The molecule has 0 radical (unpaired) electrons. The highest BCUT2D eigenvalue weighted by Crippen LogP contribution is 2.29. The van der Waals surface area contributed by atoms with Crippen molar-refractivity contribution in [3.8, 4) is 0 Å². The van der Waals surface area contributed by atoms with Crippen molar-refractivity contribution < 1.29 is 4.74 Å². The van der Waals surface area contributed by atoms with Crippen molar-refractivity contribution in [3.63, 3.8) is 0 Å². The van der Waals surface area contributed by atoms with E-state index < -0.39 is 0 Å². The molecule has 2 aliphatic rings. The molecule has 1 aliphatic heterocycles. The van der Waals surface area contributed by atoms with Gasteiger partial charge in [-0.05, 0) is 0 Å². The van der Waals surface area contributed by atoms with E-state index in [0.717, 1.165) is 5.94 Å². The van der Waals surface area contributed by atoms with E-state index in [0.29, 0.717) is 11.4 Å². The summed E-state index contributed by atoms with van der Waals surface area (Å²) in [5.41, 5.74) is 0. The number of rotatable bonds is 0.